The summed E-state index contributed by atoms with van der Waals surface area (Å²) in [5, 5.41) is 28.0. The molecule has 6 nitrogen and oxygen atoms in total. The average Bonchev–Trinajstić information content (AvgIpc) is 2.34. The lowest BCUT2D eigenvalue weighted by Crippen LogP contribution is -2.22. The number of hydrogen-bond acceptors (Lipinski definition) is 5. The number of nitriles is 2. The number of amidine groups is 1. The van der Waals surface area contributed by atoms with E-state index in [0.29, 0.717) is 3.57 Å². The third kappa shape index (κ3) is 2.93. The first-order valence-corrected chi connectivity index (χ1v) is 5.55. The van der Waals surface area contributed by atoms with E-state index in [4.69, 9.17) is 21.7 Å². The molecule has 0 radical (unpaired) electrons. The van der Waals surface area contributed by atoms with E-state index in [2.05, 4.69) is 10.5 Å². The molecule has 1 rings (SSSR count). The molecular formula is C10H6FIN6. The molecule has 0 bridgehead atoms. The van der Waals surface area contributed by atoms with E-state index in [1.807, 2.05) is 0 Å². The largest absolute Gasteiger partial charge is 0.382 e. The highest BCUT2D eigenvalue weighted by Crippen LogP contribution is 2.22. The number of nitrogens with two attached hydrogens (primary N) is 1. The van der Waals surface area contributed by atoms with E-state index in [9.17, 15) is 4.39 Å². The van der Waals surface area contributed by atoms with Crippen LogP contribution >= 0.6 is 22.6 Å². The normalized spacial score (nSPS) is 10.3. The Hall–Kier alpha value is -2.20. The van der Waals surface area contributed by atoms with E-state index < -0.39 is 11.7 Å². The van der Waals surface area contributed by atoms with Gasteiger partial charge in [-0.1, -0.05) is 0 Å². The molecule has 0 aliphatic heterocycles. The number of halogens is 2. The van der Waals surface area contributed by atoms with Gasteiger partial charge in [0, 0.05) is 0 Å². The first-order valence-electron chi connectivity index (χ1n) is 4.47. The summed E-state index contributed by atoms with van der Waals surface area (Å²) in [5.74, 6) is -1.19. The Morgan fingerprint density at radius 3 is 2.67 bits per heavy atom. The predicted octanol–water partition coefficient (Wildman–Crippen LogP) is 1.53. The Labute approximate surface area is 116 Å². The third-order valence-corrected chi connectivity index (χ3v) is 2.69. The van der Waals surface area contributed by atoms with E-state index >= 15 is 0 Å². The standard InChI is InChI=1S/C10H6FIN6/c11-9-5(3-13)7(2-1-6(9)12)17-18-8(4-14)10(15)16/h1-2,17H,(H3,15,16)/b18-8+. The highest BCUT2D eigenvalue weighted by atomic mass is 127. The molecule has 0 aliphatic carbocycles. The summed E-state index contributed by atoms with van der Waals surface area (Å²) < 4.78 is 13.9. The maximum atomic E-state index is 13.6. The highest BCUT2D eigenvalue weighted by Gasteiger charge is 2.11. The van der Waals surface area contributed by atoms with Crippen molar-refractivity contribution in [3.05, 3.63) is 27.1 Å². The molecule has 8 heteroatoms. The summed E-state index contributed by atoms with van der Waals surface area (Å²) in [6.07, 6.45) is 0. The molecule has 0 aromatic heterocycles. The van der Waals surface area contributed by atoms with E-state index in [0.717, 1.165) is 0 Å². The Morgan fingerprint density at radius 1 is 1.50 bits per heavy atom. The first-order chi connectivity index (χ1) is 8.51. The second-order valence-electron chi connectivity index (χ2n) is 2.99. The van der Waals surface area contributed by atoms with E-state index in [-0.39, 0.29) is 17.0 Å². The van der Waals surface area contributed by atoms with Gasteiger partial charge in [-0.05, 0) is 34.7 Å². The van der Waals surface area contributed by atoms with Crippen LogP contribution in [0.5, 0.6) is 0 Å². The number of hydrogen-bond donors (Lipinski definition) is 3. The molecule has 4 N–H and O–H groups in total. The van der Waals surface area contributed by atoms with Gasteiger partial charge in [-0.3, -0.25) is 10.8 Å². The molecule has 0 spiro atoms. The minimum Gasteiger partial charge on any atom is -0.382 e. The second-order valence-corrected chi connectivity index (χ2v) is 4.16. The van der Waals surface area contributed by atoms with Crippen LogP contribution in [0, 0.1) is 37.5 Å². The van der Waals surface area contributed by atoms with E-state index in [1.54, 1.807) is 34.7 Å². The average molecular weight is 356 g/mol. The number of hydrazone groups is 1. The van der Waals surface area contributed by atoms with Crippen molar-refractivity contribution in [2.24, 2.45) is 10.8 Å². The zero-order valence-electron chi connectivity index (χ0n) is 8.83. The summed E-state index contributed by atoms with van der Waals surface area (Å²) in [5.41, 5.74) is 6.96. The van der Waals surface area contributed by atoms with Crippen molar-refractivity contribution >= 4 is 39.8 Å². The van der Waals surface area contributed by atoms with Crippen LogP contribution in [0.3, 0.4) is 0 Å². The summed E-state index contributed by atoms with van der Waals surface area (Å²) in [7, 11) is 0. The highest BCUT2D eigenvalue weighted by molar-refractivity contribution is 14.1. The predicted molar refractivity (Wildman–Crippen MR) is 72.4 cm³/mol. The molecule has 0 heterocycles. The van der Waals surface area contributed by atoms with Crippen LogP contribution in [0.2, 0.25) is 0 Å². The minimum atomic E-state index is -0.667. The molecule has 0 saturated heterocycles. The summed E-state index contributed by atoms with van der Waals surface area (Å²) in [6, 6.07) is 6.19. The van der Waals surface area contributed by atoms with Gasteiger partial charge in [0.25, 0.3) is 0 Å². The molecule has 0 unspecified atom stereocenters. The fraction of sp³-hybridized carbons (Fsp3) is 0. The molecule has 0 atom stereocenters. The summed E-state index contributed by atoms with van der Waals surface area (Å²) >= 11 is 1.75. The zero-order valence-corrected chi connectivity index (χ0v) is 11.0. The van der Waals surface area contributed by atoms with Crippen molar-refractivity contribution in [1.29, 1.82) is 15.9 Å². The Morgan fingerprint density at radius 2 is 2.17 bits per heavy atom. The van der Waals surface area contributed by atoms with Crippen molar-refractivity contribution in [1.82, 2.24) is 0 Å². The van der Waals surface area contributed by atoms with E-state index in [1.165, 1.54) is 12.1 Å². The van der Waals surface area contributed by atoms with Gasteiger partial charge in [0.1, 0.15) is 17.7 Å². The number of benzene rings is 1. The van der Waals surface area contributed by atoms with Crippen molar-refractivity contribution in [2.75, 3.05) is 5.43 Å². The minimum absolute atomic E-state index is 0.101. The number of nitrogens with one attached hydrogen (secondary N) is 2. The van der Waals surface area contributed by atoms with Crippen LogP contribution in [0.1, 0.15) is 5.56 Å². The number of anilines is 1. The first kappa shape index (κ1) is 13.9. The zero-order chi connectivity index (χ0) is 13.7. The van der Waals surface area contributed by atoms with Crippen LogP contribution in [0.25, 0.3) is 0 Å². The molecule has 18 heavy (non-hydrogen) atoms. The van der Waals surface area contributed by atoms with Crippen molar-refractivity contribution in [3.8, 4) is 12.1 Å². The van der Waals surface area contributed by atoms with Gasteiger partial charge < -0.3 is 5.73 Å². The number of nitrogens with zero attached hydrogens (tertiary/aromatic N) is 3. The molecule has 0 fully saturated rings. The Bertz CT molecular complexity index is 610. The molecule has 90 valence electrons. The van der Waals surface area contributed by atoms with Crippen molar-refractivity contribution in [2.45, 2.75) is 0 Å². The van der Waals surface area contributed by atoms with Gasteiger partial charge in [-0.2, -0.15) is 15.6 Å². The van der Waals surface area contributed by atoms with Crippen LogP contribution < -0.4 is 11.2 Å². The molecule has 0 saturated carbocycles. The Balaban J connectivity index is 3.15. The molecule has 1 aromatic rings. The SMILES string of the molecule is N#C/C(=N\Nc1ccc(I)c(F)c1C#N)C(=N)N. The van der Waals surface area contributed by atoms with Gasteiger partial charge in [0.2, 0.25) is 5.71 Å². The monoisotopic (exact) mass is 356 g/mol. The molecule has 0 aliphatic rings. The smallest absolute Gasteiger partial charge is 0.201 e. The quantitative estimate of drug-likeness (QED) is 0.329. The maximum absolute atomic E-state index is 13.6. The van der Waals surface area contributed by atoms with Crippen LogP contribution in [0.4, 0.5) is 10.1 Å². The maximum Gasteiger partial charge on any atom is 0.201 e. The van der Waals surface area contributed by atoms with Gasteiger partial charge >= 0.3 is 0 Å². The van der Waals surface area contributed by atoms with Crippen LogP contribution in [-0.4, -0.2) is 11.5 Å². The van der Waals surface area contributed by atoms with Gasteiger partial charge in [-0.25, -0.2) is 4.39 Å². The fourth-order valence-corrected chi connectivity index (χ4v) is 1.46. The van der Waals surface area contributed by atoms with Gasteiger partial charge in [0.15, 0.2) is 11.7 Å². The van der Waals surface area contributed by atoms with Crippen LogP contribution in [0.15, 0.2) is 17.2 Å². The van der Waals surface area contributed by atoms with Crippen molar-refractivity contribution < 1.29 is 4.39 Å². The van der Waals surface area contributed by atoms with Gasteiger partial charge in [-0.15, -0.1) is 0 Å². The fourth-order valence-electron chi connectivity index (χ4n) is 1.01. The topological polar surface area (TPSA) is 122 Å². The molecule has 1 aromatic carbocycles. The second kappa shape index (κ2) is 5.93. The van der Waals surface area contributed by atoms with Gasteiger partial charge in [0.05, 0.1) is 9.26 Å². The third-order valence-electron chi connectivity index (χ3n) is 1.86. The molecule has 0 amide bonds. The van der Waals surface area contributed by atoms with Crippen LogP contribution in [-0.2, 0) is 0 Å². The lowest BCUT2D eigenvalue weighted by Gasteiger charge is -2.05. The Kier molecular flexibility index (Phi) is 4.57. The summed E-state index contributed by atoms with van der Waals surface area (Å²) in [4.78, 5) is 0. The summed E-state index contributed by atoms with van der Waals surface area (Å²) in [6.45, 7) is 0. The lowest BCUT2D eigenvalue weighted by molar-refractivity contribution is 0.617. The lowest BCUT2D eigenvalue weighted by atomic mass is 10.2. The van der Waals surface area contributed by atoms with Crippen molar-refractivity contribution in [3.63, 3.8) is 0 Å². The number of rotatable bonds is 3. The molecular weight excluding hydrogens is 350 g/mol.